The predicted molar refractivity (Wildman–Crippen MR) is 159 cm³/mol. The third-order valence-electron chi connectivity index (χ3n) is 6.36. The molecule has 1 aromatic heterocycles. The van der Waals surface area contributed by atoms with E-state index in [1.54, 1.807) is 49.4 Å². The average Bonchev–Trinajstić information content (AvgIpc) is 3.51. The zero-order valence-corrected chi connectivity index (χ0v) is 24.7. The van der Waals surface area contributed by atoms with Gasteiger partial charge in [0.25, 0.3) is 5.78 Å². The highest BCUT2D eigenvalue weighted by Crippen LogP contribution is 2.45. The van der Waals surface area contributed by atoms with E-state index < -0.39 is 23.7 Å². The van der Waals surface area contributed by atoms with Crippen molar-refractivity contribution < 1.29 is 38.4 Å². The highest BCUT2D eigenvalue weighted by atomic mass is 32.1. The maximum Gasteiger partial charge on any atom is 0.350 e. The lowest BCUT2D eigenvalue weighted by atomic mass is 9.95. The molecule has 0 saturated carbocycles. The Hall–Kier alpha value is -4.64. The van der Waals surface area contributed by atoms with E-state index in [0.29, 0.717) is 47.3 Å². The SMILES string of the molecule is C=CCOC(=O)c1sc(N2C(=O)C(=O)/C(=C(/O)c3ccc(OC)cc3)C2c2ccc(OCCC)c(OCC)c2)nc1C. The minimum atomic E-state index is -1.09. The summed E-state index contributed by atoms with van der Waals surface area (Å²) in [7, 11) is 1.52. The van der Waals surface area contributed by atoms with Crippen molar-refractivity contribution in [1.82, 2.24) is 4.98 Å². The van der Waals surface area contributed by atoms with Crippen molar-refractivity contribution in [1.29, 1.82) is 0 Å². The van der Waals surface area contributed by atoms with Gasteiger partial charge in [0.2, 0.25) is 0 Å². The fraction of sp³-hybridized carbons (Fsp3) is 0.290. The summed E-state index contributed by atoms with van der Waals surface area (Å²) >= 11 is 0.919. The van der Waals surface area contributed by atoms with Crippen LogP contribution < -0.4 is 19.1 Å². The number of aliphatic hydroxyl groups excluding tert-OH is 1. The number of ketones is 1. The fourth-order valence-electron chi connectivity index (χ4n) is 4.42. The number of hydrogen-bond donors (Lipinski definition) is 1. The normalized spacial score (nSPS) is 15.9. The lowest BCUT2D eigenvalue weighted by Gasteiger charge is -2.24. The van der Waals surface area contributed by atoms with Gasteiger partial charge in [-0.1, -0.05) is 37.0 Å². The van der Waals surface area contributed by atoms with Crippen molar-refractivity contribution in [2.75, 3.05) is 31.8 Å². The number of rotatable bonds is 12. The number of anilines is 1. The van der Waals surface area contributed by atoms with Crippen LogP contribution in [0.1, 0.15) is 52.8 Å². The molecule has 1 aliphatic rings. The van der Waals surface area contributed by atoms with Gasteiger partial charge in [0.15, 0.2) is 16.6 Å². The molecular weight excluding hydrogens is 560 g/mol. The zero-order chi connectivity index (χ0) is 30.4. The first kappa shape index (κ1) is 30.3. The highest BCUT2D eigenvalue weighted by molar-refractivity contribution is 7.17. The third-order valence-corrected chi connectivity index (χ3v) is 7.50. The second-order valence-electron chi connectivity index (χ2n) is 9.18. The van der Waals surface area contributed by atoms with E-state index in [4.69, 9.17) is 18.9 Å². The van der Waals surface area contributed by atoms with E-state index in [1.165, 1.54) is 18.1 Å². The second kappa shape index (κ2) is 13.3. The Morgan fingerprint density at radius 3 is 2.50 bits per heavy atom. The number of benzene rings is 2. The summed E-state index contributed by atoms with van der Waals surface area (Å²) in [6.07, 6.45) is 2.23. The Morgan fingerprint density at radius 2 is 1.86 bits per heavy atom. The number of aryl methyl sites for hydroxylation is 1. The largest absolute Gasteiger partial charge is 0.507 e. The molecule has 3 aromatic rings. The Kier molecular flexibility index (Phi) is 9.64. The van der Waals surface area contributed by atoms with Gasteiger partial charge in [-0.15, -0.1) is 0 Å². The van der Waals surface area contributed by atoms with Gasteiger partial charge in [0.1, 0.15) is 23.0 Å². The van der Waals surface area contributed by atoms with E-state index in [0.717, 1.165) is 17.8 Å². The molecule has 1 saturated heterocycles. The van der Waals surface area contributed by atoms with Gasteiger partial charge in [0.05, 0.1) is 37.6 Å². The molecule has 220 valence electrons. The van der Waals surface area contributed by atoms with Crippen LogP contribution in [0.2, 0.25) is 0 Å². The molecule has 1 aliphatic heterocycles. The molecule has 2 heterocycles. The van der Waals surface area contributed by atoms with Crippen LogP contribution in [0, 0.1) is 6.92 Å². The van der Waals surface area contributed by atoms with Crippen molar-refractivity contribution >= 4 is 39.9 Å². The average molecular weight is 593 g/mol. The number of Topliss-reactive ketones (excluding diaryl/α,β-unsaturated/α-hetero) is 1. The molecular formula is C31H32N2O8S. The van der Waals surface area contributed by atoms with Crippen LogP contribution >= 0.6 is 11.3 Å². The monoisotopic (exact) mass is 592 g/mol. The summed E-state index contributed by atoms with van der Waals surface area (Å²) in [4.78, 5) is 45.7. The van der Waals surface area contributed by atoms with E-state index in [-0.39, 0.29) is 27.9 Å². The van der Waals surface area contributed by atoms with Gasteiger partial charge in [-0.25, -0.2) is 9.78 Å². The number of methoxy groups -OCH3 is 1. The highest BCUT2D eigenvalue weighted by Gasteiger charge is 2.48. The smallest absolute Gasteiger partial charge is 0.350 e. The molecule has 1 fully saturated rings. The van der Waals surface area contributed by atoms with Gasteiger partial charge in [-0.2, -0.15) is 0 Å². The quantitative estimate of drug-likeness (QED) is 0.0938. The van der Waals surface area contributed by atoms with Crippen molar-refractivity contribution in [2.45, 2.75) is 33.2 Å². The number of esters is 1. The number of ether oxygens (including phenoxy) is 4. The Labute approximate surface area is 247 Å². The van der Waals surface area contributed by atoms with Crippen LogP contribution in [-0.2, 0) is 14.3 Å². The standard InChI is InChI=1S/C31H32N2O8S/c1-6-15-40-22-14-11-20(17-23(22)39-8-3)25-24(26(34)19-9-12-21(38-5)13-10-19)27(35)29(36)33(25)31-32-18(4)28(42-31)30(37)41-16-7-2/h7,9-14,17,25,34H,2,6,8,15-16H2,1,3-5H3/b26-24+. The Morgan fingerprint density at radius 1 is 1.12 bits per heavy atom. The van der Waals surface area contributed by atoms with E-state index in [2.05, 4.69) is 11.6 Å². The maximum absolute atomic E-state index is 13.6. The Balaban J connectivity index is 1.90. The van der Waals surface area contributed by atoms with Gasteiger partial charge in [0, 0.05) is 5.56 Å². The molecule has 1 N–H and O–H groups in total. The van der Waals surface area contributed by atoms with Crippen LogP contribution in [-0.4, -0.2) is 54.7 Å². The molecule has 1 unspecified atom stereocenters. The van der Waals surface area contributed by atoms with Crippen LogP contribution in [0.25, 0.3) is 5.76 Å². The number of thiazole rings is 1. The van der Waals surface area contributed by atoms with Crippen LogP contribution in [0.3, 0.4) is 0 Å². The number of carbonyl (C=O) groups is 3. The van der Waals surface area contributed by atoms with Crippen LogP contribution in [0.5, 0.6) is 17.2 Å². The fourth-order valence-corrected chi connectivity index (χ4v) is 5.41. The van der Waals surface area contributed by atoms with Crippen LogP contribution in [0.15, 0.2) is 60.7 Å². The molecule has 1 atom stereocenters. The number of hydrogen-bond acceptors (Lipinski definition) is 10. The molecule has 2 aromatic carbocycles. The maximum atomic E-state index is 13.6. The van der Waals surface area contributed by atoms with Gasteiger partial charge in [-0.3, -0.25) is 14.5 Å². The Bertz CT molecular complexity index is 1530. The minimum Gasteiger partial charge on any atom is -0.507 e. The number of aromatic nitrogens is 1. The summed E-state index contributed by atoms with van der Waals surface area (Å²) in [5, 5.41) is 11.5. The molecule has 10 nitrogen and oxygen atoms in total. The zero-order valence-electron chi connectivity index (χ0n) is 23.8. The summed E-state index contributed by atoms with van der Waals surface area (Å²) in [5.41, 5.74) is 0.979. The van der Waals surface area contributed by atoms with E-state index in [1.807, 2.05) is 13.8 Å². The summed E-state index contributed by atoms with van der Waals surface area (Å²) in [6.45, 7) is 9.80. The molecule has 11 heteroatoms. The van der Waals surface area contributed by atoms with E-state index in [9.17, 15) is 19.5 Å². The molecule has 0 aliphatic carbocycles. The first-order chi connectivity index (χ1) is 20.2. The molecule has 0 bridgehead atoms. The molecule has 4 rings (SSSR count). The van der Waals surface area contributed by atoms with Crippen molar-refractivity contribution in [3.8, 4) is 17.2 Å². The lowest BCUT2D eigenvalue weighted by molar-refractivity contribution is -0.132. The first-order valence-corrected chi connectivity index (χ1v) is 14.2. The number of nitrogens with zero attached hydrogens (tertiary/aromatic N) is 2. The first-order valence-electron chi connectivity index (χ1n) is 13.4. The van der Waals surface area contributed by atoms with E-state index >= 15 is 0 Å². The molecule has 1 amide bonds. The molecule has 0 radical (unpaired) electrons. The number of carbonyl (C=O) groups excluding carboxylic acids is 3. The second-order valence-corrected chi connectivity index (χ2v) is 10.2. The van der Waals surface area contributed by atoms with Crippen LogP contribution in [0.4, 0.5) is 5.13 Å². The summed E-state index contributed by atoms with van der Waals surface area (Å²) in [6, 6.07) is 10.5. The topological polar surface area (TPSA) is 124 Å². The van der Waals surface area contributed by atoms with Gasteiger partial charge >= 0.3 is 11.9 Å². The van der Waals surface area contributed by atoms with Gasteiger partial charge in [-0.05, 0) is 62.2 Å². The minimum absolute atomic E-state index is 0.00450. The number of amides is 1. The van der Waals surface area contributed by atoms with Crippen molar-refractivity contribution in [3.05, 3.63) is 82.4 Å². The predicted octanol–water partition coefficient (Wildman–Crippen LogP) is 5.62. The van der Waals surface area contributed by atoms with Gasteiger partial charge < -0.3 is 24.1 Å². The number of aliphatic hydroxyl groups is 1. The summed E-state index contributed by atoms with van der Waals surface area (Å²) < 4.78 is 22.1. The third kappa shape index (κ3) is 6.01. The van der Waals surface area contributed by atoms with Crippen molar-refractivity contribution in [3.63, 3.8) is 0 Å². The molecule has 42 heavy (non-hydrogen) atoms. The molecule has 0 spiro atoms. The summed E-state index contributed by atoms with van der Waals surface area (Å²) in [5.74, 6) is -1.32. The lowest BCUT2D eigenvalue weighted by Crippen LogP contribution is -2.29. The van der Waals surface area contributed by atoms with Crippen molar-refractivity contribution in [2.24, 2.45) is 0 Å².